The number of benzene rings is 2. The van der Waals surface area contributed by atoms with Crippen molar-refractivity contribution in [2.24, 2.45) is 0 Å². The molecule has 3 heteroatoms. The average Bonchev–Trinajstić information content (AvgIpc) is 2.45. The zero-order chi connectivity index (χ0) is 13.7. The molecule has 0 bridgehead atoms. The Morgan fingerprint density at radius 1 is 1.21 bits per heavy atom. The normalized spacial score (nSPS) is 11.6. The van der Waals surface area contributed by atoms with Gasteiger partial charge in [0.05, 0.1) is 17.3 Å². The third-order valence-electron chi connectivity index (χ3n) is 3.04. The summed E-state index contributed by atoms with van der Waals surface area (Å²) < 4.78 is 1.07. The number of halogens is 1. The topological polar surface area (TPSA) is 35.8 Å². The van der Waals surface area contributed by atoms with Crippen LogP contribution in [0.3, 0.4) is 0 Å². The van der Waals surface area contributed by atoms with Gasteiger partial charge in [-0.1, -0.05) is 47.1 Å². The molecule has 19 heavy (non-hydrogen) atoms. The molecular weight excluding hydrogens is 300 g/mol. The van der Waals surface area contributed by atoms with Gasteiger partial charge < -0.3 is 5.32 Å². The molecule has 1 N–H and O–H groups in total. The van der Waals surface area contributed by atoms with E-state index in [0.29, 0.717) is 5.56 Å². The standard InChI is InChI=1S/C16H15BrN2/c1-2-15(12-7-5-8-14(17)10-12)19-16-9-4-3-6-13(16)11-18/h3-10,15,19H,2H2,1H3. The van der Waals surface area contributed by atoms with E-state index in [2.05, 4.69) is 46.4 Å². The first-order valence-corrected chi connectivity index (χ1v) is 7.05. The molecule has 0 spiro atoms. The van der Waals surface area contributed by atoms with Crippen LogP contribution in [-0.2, 0) is 0 Å². The zero-order valence-corrected chi connectivity index (χ0v) is 12.3. The Morgan fingerprint density at radius 2 is 2.00 bits per heavy atom. The number of rotatable bonds is 4. The predicted octanol–water partition coefficient (Wildman–Crippen LogP) is 4.88. The van der Waals surface area contributed by atoms with Crippen molar-refractivity contribution >= 4 is 21.6 Å². The molecule has 0 radical (unpaired) electrons. The first kappa shape index (κ1) is 13.6. The fourth-order valence-electron chi connectivity index (χ4n) is 2.04. The molecule has 0 heterocycles. The molecule has 2 nitrogen and oxygen atoms in total. The summed E-state index contributed by atoms with van der Waals surface area (Å²) in [4.78, 5) is 0. The van der Waals surface area contributed by atoms with Crippen LogP contribution in [0.15, 0.2) is 53.0 Å². The minimum atomic E-state index is 0.201. The second-order valence-corrected chi connectivity index (χ2v) is 5.23. The fourth-order valence-corrected chi connectivity index (χ4v) is 2.46. The second-order valence-electron chi connectivity index (χ2n) is 4.32. The Labute approximate surface area is 122 Å². The predicted molar refractivity (Wildman–Crippen MR) is 82.0 cm³/mol. The Balaban J connectivity index is 2.27. The van der Waals surface area contributed by atoms with Crippen molar-refractivity contribution < 1.29 is 0 Å². The minimum Gasteiger partial charge on any atom is -0.377 e. The van der Waals surface area contributed by atoms with Crippen LogP contribution in [-0.4, -0.2) is 0 Å². The van der Waals surface area contributed by atoms with Crippen molar-refractivity contribution in [3.05, 3.63) is 64.1 Å². The SMILES string of the molecule is CCC(Nc1ccccc1C#N)c1cccc(Br)c1. The van der Waals surface area contributed by atoms with Gasteiger partial charge in [0.25, 0.3) is 0 Å². The first-order valence-electron chi connectivity index (χ1n) is 6.25. The lowest BCUT2D eigenvalue weighted by Crippen LogP contribution is -2.10. The molecule has 0 aliphatic rings. The summed E-state index contributed by atoms with van der Waals surface area (Å²) in [6.45, 7) is 2.13. The molecule has 2 aromatic carbocycles. The Morgan fingerprint density at radius 3 is 2.68 bits per heavy atom. The van der Waals surface area contributed by atoms with Crippen LogP contribution in [0.4, 0.5) is 5.69 Å². The Bertz CT molecular complexity index is 602. The van der Waals surface area contributed by atoms with E-state index in [1.165, 1.54) is 5.56 Å². The van der Waals surface area contributed by atoms with E-state index in [1.54, 1.807) is 0 Å². The van der Waals surface area contributed by atoms with E-state index in [1.807, 2.05) is 36.4 Å². The number of para-hydroxylation sites is 1. The van der Waals surface area contributed by atoms with Crippen LogP contribution < -0.4 is 5.32 Å². The van der Waals surface area contributed by atoms with Crippen LogP contribution in [0.5, 0.6) is 0 Å². The van der Waals surface area contributed by atoms with E-state index < -0.39 is 0 Å². The highest BCUT2D eigenvalue weighted by Crippen LogP contribution is 2.26. The molecule has 0 amide bonds. The quantitative estimate of drug-likeness (QED) is 0.872. The van der Waals surface area contributed by atoms with E-state index in [0.717, 1.165) is 16.6 Å². The van der Waals surface area contributed by atoms with E-state index in [9.17, 15) is 0 Å². The van der Waals surface area contributed by atoms with Crippen LogP contribution in [0.25, 0.3) is 0 Å². The molecule has 0 aromatic heterocycles. The highest BCUT2D eigenvalue weighted by atomic mass is 79.9. The van der Waals surface area contributed by atoms with Gasteiger partial charge in [0, 0.05) is 4.47 Å². The number of hydrogen-bond donors (Lipinski definition) is 1. The number of nitrogens with zero attached hydrogens (tertiary/aromatic N) is 1. The van der Waals surface area contributed by atoms with Gasteiger partial charge >= 0.3 is 0 Å². The maximum absolute atomic E-state index is 9.12. The smallest absolute Gasteiger partial charge is 0.101 e. The first-order chi connectivity index (χ1) is 9.24. The van der Waals surface area contributed by atoms with Crippen LogP contribution >= 0.6 is 15.9 Å². The van der Waals surface area contributed by atoms with Gasteiger partial charge in [-0.05, 0) is 36.2 Å². The van der Waals surface area contributed by atoms with Gasteiger partial charge in [0.15, 0.2) is 0 Å². The summed E-state index contributed by atoms with van der Waals surface area (Å²) in [6, 6.07) is 18.3. The monoisotopic (exact) mass is 314 g/mol. The van der Waals surface area contributed by atoms with E-state index in [4.69, 9.17) is 5.26 Å². The Hall–Kier alpha value is -1.79. The molecule has 2 rings (SSSR count). The van der Waals surface area contributed by atoms with Crippen LogP contribution in [0.2, 0.25) is 0 Å². The third kappa shape index (κ3) is 3.36. The lowest BCUT2D eigenvalue weighted by Gasteiger charge is -2.19. The van der Waals surface area contributed by atoms with Gasteiger partial charge in [-0.2, -0.15) is 5.26 Å². The summed E-state index contributed by atoms with van der Waals surface area (Å²) in [5.74, 6) is 0. The van der Waals surface area contributed by atoms with Crippen LogP contribution in [0.1, 0.15) is 30.5 Å². The largest absolute Gasteiger partial charge is 0.377 e. The minimum absolute atomic E-state index is 0.201. The van der Waals surface area contributed by atoms with Gasteiger partial charge in [0.2, 0.25) is 0 Å². The summed E-state index contributed by atoms with van der Waals surface area (Å²) in [7, 11) is 0. The van der Waals surface area contributed by atoms with E-state index in [-0.39, 0.29) is 6.04 Å². The maximum atomic E-state index is 9.12. The van der Waals surface area contributed by atoms with Crippen molar-refractivity contribution in [1.82, 2.24) is 0 Å². The van der Waals surface area contributed by atoms with Crippen molar-refractivity contribution in [1.29, 1.82) is 5.26 Å². The molecule has 2 aromatic rings. The number of nitriles is 1. The number of nitrogens with one attached hydrogen (secondary N) is 1. The van der Waals surface area contributed by atoms with Crippen molar-refractivity contribution in [3.63, 3.8) is 0 Å². The van der Waals surface area contributed by atoms with Gasteiger partial charge in [0.1, 0.15) is 6.07 Å². The number of hydrogen-bond acceptors (Lipinski definition) is 2. The maximum Gasteiger partial charge on any atom is 0.101 e. The number of anilines is 1. The summed E-state index contributed by atoms with van der Waals surface area (Å²) in [5, 5.41) is 12.6. The van der Waals surface area contributed by atoms with Gasteiger partial charge in [-0.3, -0.25) is 0 Å². The van der Waals surface area contributed by atoms with Gasteiger partial charge in [-0.15, -0.1) is 0 Å². The lowest BCUT2D eigenvalue weighted by molar-refractivity contribution is 0.748. The van der Waals surface area contributed by atoms with Crippen molar-refractivity contribution in [2.45, 2.75) is 19.4 Å². The van der Waals surface area contributed by atoms with Gasteiger partial charge in [-0.25, -0.2) is 0 Å². The molecule has 1 atom stereocenters. The fraction of sp³-hybridized carbons (Fsp3) is 0.188. The van der Waals surface area contributed by atoms with Crippen molar-refractivity contribution in [3.8, 4) is 6.07 Å². The van der Waals surface area contributed by atoms with Crippen LogP contribution in [0, 0.1) is 11.3 Å². The molecule has 0 fully saturated rings. The van der Waals surface area contributed by atoms with E-state index >= 15 is 0 Å². The molecule has 0 aliphatic carbocycles. The highest BCUT2D eigenvalue weighted by Gasteiger charge is 2.11. The van der Waals surface area contributed by atoms with Crippen molar-refractivity contribution in [2.75, 3.05) is 5.32 Å². The molecule has 0 saturated heterocycles. The molecule has 96 valence electrons. The average molecular weight is 315 g/mol. The molecule has 0 saturated carbocycles. The summed E-state index contributed by atoms with van der Waals surface area (Å²) in [5.41, 5.74) is 2.78. The molecule has 0 aliphatic heterocycles. The third-order valence-corrected chi connectivity index (χ3v) is 3.53. The summed E-state index contributed by atoms with van der Waals surface area (Å²) in [6.07, 6.45) is 0.955. The highest BCUT2D eigenvalue weighted by molar-refractivity contribution is 9.10. The zero-order valence-electron chi connectivity index (χ0n) is 10.7. The lowest BCUT2D eigenvalue weighted by atomic mass is 10.0. The Kier molecular flexibility index (Phi) is 4.59. The second kappa shape index (κ2) is 6.40. The summed E-state index contributed by atoms with van der Waals surface area (Å²) >= 11 is 3.49. The molecule has 1 unspecified atom stereocenters. The molecular formula is C16H15BrN2.